The van der Waals surface area contributed by atoms with Gasteiger partial charge in [-0.05, 0) is 339 Å². The third-order valence-corrected chi connectivity index (χ3v) is 33.4. The van der Waals surface area contributed by atoms with Crippen LogP contribution in [0.2, 0.25) is 0 Å². The van der Waals surface area contributed by atoms with Gasteiger partial charge in [-0.25, -0.2) is 0 Å². The quantitative estimate of drug-likeness (QED) is 0.120. The van der Waals surface area contributed by atoms with E-state index in [2.05, 4.69) is 563 Å². The highest BCUT2D eigenvalue weighted by atomic mass is 14.4. The average molecular weight is 1890 g/mol. The van der Waals surface area contributed by atoms with E-state index < -0.39 is 0 Å². The van der Waals surface area contributed by atoms with E-state index in [9.17, 15) is 0 Å². The molecular weight excluding hydrogens is 1790 g/mol. The van der Waals surface area contributed by atoms with Gasteiger partial charge in [0.05, 0.1) is 0 Å². The van der Waals surface area contributed by atoms with Crippen LogP contribution < -0.4 is 0 Å². The third kappa shape index (κ3) is 14.4. The van der Waals surface area contributed by atoms with Crippen molar-refractivity contribution < 1.29 is 0 Å². The molecule has 0 heterocycles. The molecule has 0 saturated heterocycles. The maximum atomic E-state index is 2.48. The standard InChI is InChI=1S/C51H36.2C49H34/c1-51(2)47-22-11-10-18-40(47)41-29-28-38(32-48(41)51)49-43-19-8-9-20-44(43)50(42-21-12-16-36-15-6-7-17-39(36)42)46-31-37(27-30-45(46)49)35-25-23-34(24-26-35)33-13-4-3-5-14-33;1-49(2)45-24-10-9-19-38(45)39-27-26-34(30-46(39)49)47-41-20-7-8-21-42(41)48(40-23-12-16-32-14-4-6-18-36(32)40)44-29-33(25-28-43(44)47)37-22-11-15-31-13-3-5-17-35(31)37;1-49(2)45-21-10-9-17-38(45)39-26-25-36(30-46(39)49)47-41-18-7-8-19-42(41)48(40-20-11-15-32-13-5-6-16-37(32)40)44-29-35(24-27-43(44)47)34-23-22-31-12-3-4-14-33(31)28-34/h3-32H,1-2H3;2*3-30H,1-2H3. The molecule has 0 aliphatic heterocycles. The Labute approximate surface area is 869 Å². The Morgan fingerprint density at radius 3 is 0.698 bits per heavy atom. The zero-order valence-electron chi connectivity index (χ0n) is 84.2. The summed E-state index contributed by atoms with van der Waals surface area (Å²) in [7, 11) is 0. The maximum absolute atomic E-state index is 2.48. The number of hydrogen-bond donors (Lipinski definition) is 0. The van der Waals surface area contributed by atoms with Crippen LogP contribution in [0.25, 0.3) is 263 Å². The van der Waals surface area contributed by atoms with Gasteiger partial charge in [-0.3, -0.25) is 0 Å². The van der Waals surface area contributed by atoms with Crippen LogP contribution in [-0.4, -0.2) is 0 Å². The monoisotopic (exact) mass is 1890 g/mol. The van der Waals surface area contributed by atoms with E-state index in [0.29, 0.717) is 0 Å². The van der Waals surface area contributed by atoms with Crippen LogP contribution in [0.5, 0.6) is 0 Å². The lowest BCUT2D eigenvalue weighted by atomic mass is 9.80. The molecule has 0 radical (unpaired) electrons. The van der Waals surface area contributed by atoms with E-state index in [1.807, 2.05) is 0 Å². The minimum atomic E-state index is -0.0739. The Balaban J connectivity index is 0.000000108. The van der Waals surface area contributed by atoms with Gasteiger partial charge in [-0.1, -0.05) is 521 Å². The van der Waals surface area contributed by atoms with Crippen LogP contribution in [0, 0.1) is 0 Å². The normalized spacial score (nSPS) is 13.2. The van der Waals surface area contributed by atoms with Crippen LogP contribution in [0.15, 0.2) is 522 Å². The summed E-state index contributed by atoms with van der Waals surface area (Å²) in [6, 6.07) is 194. The molecule has 27 aromatic carbocycles. The van der Waals surface area contributed by atoms with E-state index in [1.165, 1.54) is 297 Å². The zero-order valence-corrected chi connectivity index (χ0v) is 84.2. The van der Waals surface area contributed by atoms with Crippen LogP contribution in [0.1, 0.15) is 74.9 Å². The van der Waals surface area contributed by atoms with Crippen LogP contribution >= 0.6 is 0 Å². The van der Waals surface area contributed by atoms with Gasteiger partial charge in [-0.15, -0.1) is 0 Å². The summed E-state index contributed by atoms with van der Waals surface area (Å²) in [5, 5.41) is 28.0. The zero-order chi connectivity index (χ0) is 99.5. The molecule has 0 heteroatoms. The molecule has 0 N–H and O–H groups in total. The first-order chi connectivity index (χ1) is 73.2. The second-order valence-electron chi connectivity index (χ2n) is 42.6. The van der Waals surface area contributed by atoms with Gasteiger partial charge in [0.2, 0.25) is 0 Å². The molecule has 0 fully saturated rings. The Hall–Kier alpha value is -18.2. The van der Waals surface area contributed by atoms with Crippen LogP contribution in [0.4, 0.5) is 0 Å². The molecule has 30 rings (SSSR count). The summed E-state index contributed by atoms with van der Waals surface area (Å²) in [6.45, 7) is 14.2. The molecule has 0 bridgehead atoms. The molecule has 0 nitrogen and oxygen atoms in total. The van der Waals surface area contributed by atoms with E-state index in [0.717, 1.165) is 0 Å². The number of fused-ring (bicyclic) bond motifs is 20. The van der Waals surface area contributed by atoms with Gasteiger partial charge in [0, 0.05) is 16.2 Å². The van der Waals surface area contributed by atoms with Crippen molar-refractivity contribution in [3.8, 4) is 145 Å². The van der Waals surface area contributed by atoms with Gasteiger partial charge in [-0.2, -0.15) is 0 Å². The van der Waals surface area contributed by atoms with Crippen molar-refractivity contribution in [1.29, 1.82) is 0 Å². The predicted octanol–water partition coefficient (Wildman–Crippen LogP) is 41.3. The smallest absolute Gasteiger partial charge is 0.0159 e. The molecule has 0 atom stereocenters. The van der Waals surface area contributed by atoms with Crippen molar-refractivity contribution in [2.45, 2.75) is 57.8 Å². The largest absolute Gasteiger partial charge is 0.0622 e. The minimum Gasteiger partial charge on any atom is -0.0622 e. The fourth-order valence-corrected chi connectivity index (χ4v) is 26.1. The number of rotatable bonds is 10. The topological polar surface area (TPSA) is 0 Å². The molecule has 0 spiro atoms. The summed E-state index contributed by atoms with van der Waals surface area (Å²) < 4.78 is 0. The molecule has 0 amide bonds. The fourth-order valence-electron chi connectivity index (χ4n) is 26.1. The van der Waals surface area contributed by atoms with Gasteiger partial charge >= 0.3 is 0 Å². The minimum absolute atomic E-state index is 0.0698. The molecule has 3 aliphatic carbocycles. The lowest BCUT2D eigenvalue weighted by molar-refractivity contribution is 0.660. The van der Waals surface area contributed by atoms with E-state index in [4.69, 9.17) is 0 Å². The number of hydrogen-bond acceptors (Lipinski definition) is 0. The molecule has 0 unspecified atom stereocenters. The highest BCUT2D eigenvalue weighted by Gasteiger charge is 2.40. The van der Waals surface area contributed by atoms with Crippen molar-refractivity contribution in [3.05, 3.63) is 555 Å². The fraction of sp³-hybridized carbons (Fsp3) is 0.0604. The molecule has 27 aromatic rings. The van der Waals surface area contributed by atoms with Crippen molar-refractivity contribution in [2.24, 2.45) is 0 Å². The Bertz CT molecular complexity index is 10200. The van der Waals surface area contributed by atoms with Gasteiger partial charge in [0.25, 0.3) is 0 Å². The Kier molecular flexibility index (Phi) is 20.8. The molecule has 3 aliphatic rings. The first-order valence-electron chi connectivity index (χ1n) is 52.5. The summed E-state index contributed by atoms with van der Waals surface area (Å²) in [6.07, 6.45) is 0. The number of benzene rings is 27. The lowest BCUT2D eigenvalue weighted by Gasteiger charge is -2.23. The maximum Gasteiger partial charge on any atom is 0.0159 e. The summed E-state index contributed by atoms with van der Waals surface area (Å²) in [5.74, 6) is 0. The highest BCUT2D eigenvalue weighted by Crippen LogP contribution is 2.58. The molecule has 0 aromatic heterocycles. The second-order valence-corrected chi connectivity index (χ2v) is 42.6. The van der Waals surface area contributed by atoms with E-state index in [1.54, 1.807) is 0 Å². The highest BCUT2D eigenvalue weighted by molar-refractivity contribution is 6.28. The second kappa shape index (κ2) is 35.1. The predicted molar refractivity (Wildman–Crippen MR) is 639 cm³/mol. The molecular formula is C149H104. The molecule has 149 heavy (non-hydrogen) atoms. The SMILES string of the molecule is CC1(C)c2ccccc2-c2ccc(-c3c4ccccc4c(-c4cccc5ccccc45)c4cc(-c5ccc(-c6ccccc6)cc5)ccc34)cc21.CC1(C)c2ccccc2-c2ccc(-c3c4ccccc4c(-c4cccc5ccccc45)c4cc(-c5ccc6ccccc6c5)ccc34)cc21.CC1(C)c2ccccc2-c2ccc(-c3c4ccccc4c(-c4cccc5ccccc45)c4cc(-c5cccc6ccccc56)ccc34)cc21. The van der Waals surface area contributed by atoms with Crippen LogP contribution in [0.3, 0.4) is 0 Å². The van der Waals surface area contributed by atoms with Crippen molar-refractivity contribution in [1.82, 2.24) is 0 Å². The summed E-state index contributed by atoms with van der Waals surface area (Å²) in [5.41, 5.74) is 41.5. The lowest BCUT2D eigenvalue weighted by Crippen LogP contribution is -2.14. The van der Waals surface area contributed by atoms with Crippen molar-refractivity contribution in [3.63, 3.8) is 0 Å². The van der Waals surface area contributed by atoms with Crippen molar-refractivity contribution in [2.75, 3.05) is 0 Å². The first kappa shape index (κ1) is 88.5. The third-order valence-electron chi connectivity index (χ3n) is 33.4. The van der Waals surface area contributed by atoms with Gasteiger partial charge in [0.15, 0.2) is 0 Å². The van der Waals surface area contributed by atoms with Crippen LogP contribution in [-0.2, 0) is 16.2 Å². The first-order valence-corrected chi connectivity index (χ1v) is 52.5. The Morgan fingerprint density at radius 1 is 0.101 bits per heavy atom. The molecule has 0 saturated carbocycles. The summed E-state index contributed by atoms with van der Waals surface area (Å²) >= 11 is 0. The Morgan fingerprint density at radius 2 is 0.322 bits per heavy atom. The average Bonchev–Trinajstić information content (AvgIpc) is 1.37. The van der Waals surface area contributed by atoms with Crippen molar-refractivity contribution >= 4 is 118 Å². The summed E-state index contributed by atoms with van der Waals surface area (Å²) in [4.78, 5) is 0. The van der Waals surface area contributed by atoms with Gasteiger partial charge in [0.1, 0.15) is 0 Å². The van der Waals surface area contributed by atoms with E-state index in [-0.39, 0.29) is 16.2 Å². The molecule has 700 valence electrons. The van der Waals surface area contributed by atoms with Gasteiger partial charge < -0.3 is 0 Å². The van der Waals surface area contributed by atoms with E-state index >= 15 is 0 Å².